The van der Waals surface area contributed by atoms with Crippen molar-refractivity contribution in [3.05, 3.63) is 24.7 Å². The Morgan fingerprint density at radius 1 is 1.07 bits per heavy atom. The van der Waals surface area contributed by atoms with E-state index in [-0.39, 0.29) is 0 Å². The predicted octanol–water partition coefficient (Wildman–Crippen LogP) is 0.877. The van der Waals surface area contributed by atoms with Gasteiger partial charge in [0.2, 0.25) is 0 Å². The lowest BCUT2D eigenvalue weighted by molar-refractivity contribution is -0.0303. The van der Waals surface area contributed by atoms with Crippen LogP contribution >= 0.6 is 0 Å². The summed E-state index contributed by atoms with van der Waals surface area (Å²) in [6, 6.07) is 0. The van der Waals surface area contributed by atoms with Crippen molar-refractivity contribution in [2.75, 3.05) is 19.6 Å². The maximum absolute atomic E-state index is 3.42. The van der Waals surface area contributed by atoms with Crippen LogP contribution in [0.3, 0.4) is 0 Å². The van der Waals surface area contributed by atoms with Crippen molar-refractivity contribution < 1.29 is 0 Å². The molecule has 0 aromatic rings. The Balaban J connectivity index is 1.70. The van der Waals surface area contributed by atoms with Gasteiger partial charge in [0.1, 0.15) is 0 Å². The lowest BCUT2D eigenvalue weighted by atomic mass is 10.4. The molecular weight excluding hydrogens is 188 g/mol. The summed E-state index contributed by atoms with van der Waals surface area (Å²) >= 11 is 0. The van der Waals surface area contributed by atoms with Gasteiger partial charge in [0, 0.05) is 38.2 Å². The highest BCUT2D eigenvalue weighted by molar-refractivity contribution is 4.99. The van der Waals surface area contributed by atoms with E-state index in [4.69, 9.17) is 0 Å². The highest BCUT2D eigenvalue weighted by Crippen LogP contribution is 2.20. The first-order chi connectivity index (χ1) is 7.45. The van der Waals surface area contributed by atoms with E-state index in [0.717, 1.165) is 13.0 Å². The van der Waals surface area contributed by atoms with Crippen LogP contribution in [0.5, 0.6) is 0 Å². The van der Waals surface area contributed by atoms with Gasteiger partial charge >= 0.3 is 0 Å². The topological polar surface area (TPSA) is 21.8 Å². The Morgan fingerprint density at radius 3 is 2.67 bits per heavy atom. The molecule has 15 heavy (non-hydrogen) atoms. The lowest BCUT2D eigenvalue weighted by Gasteiger charge is -2.38. The maximum Gasteiger partial charge on any atom is 0.175 e. The molecular formula is C11H18N4. The molecule has 0 radical (unpaired) electrons. The van der Waals surface area contributed by atoms with Crippen LogP contribution in [0.4, 0.5) is 0 Å². The van der Waals surface area contributed by atoms with Gasteiger partial charge in [-0.2, -0.15) is 0 Å². The highest BCUT2D eigenvalue weighted by Gasteiger charge is 2.30. The Bertz CT molecular complexity index is 280. The number of hydrazine groups is 1. The number of nitrogens with one attached hydrogen (secondary N) is 1. The summed E-state index contributed by atoms with van der Waals surface area (Å²) < 4.78 is 0. The Kier molecular flexibility index (Phi) is 2.29. The number of hydrogen-bond donors (Lipinski definition) is 1. The van der Waals surface area contributed by atoms with Crippen LogP contribution in [0.2, 0.25) is 0 Å². The molecule has 0 aliphatic carbocycles. The smallest absolute Gasteiger partial charge is 0.175 e. The zero-order chi connectivity index (χ0) is 10.1. The largest absolute Gasteiger partial charge is 0.356 e. The first kappa shape index (κ1) is 9.09. The fourth-order valence-corrected chi connectivity index (χ4v) is 2.52. The van der Waals surface area contributed by atoms with Crippen LogP contribution in [0.15, 0.2) is 24.7 Å². The molecule has 3 aliphatic rings. The average molecular weight is 206 g/mol. The summed E-state index contributed by atoms with van der Waals surface area (Å²) in [6.45, 7) is 3.54. The maximum atomic E-state index is 3.42. The van der Waals surface area contributed by atoms with Crippen molar-refractivity contribution >= 4 is 0 Å². The molecule has 0 saturated carbocycles. The highest BCUT2D eigenvalue weighted by atomic mass is 15.7. The normalized spacial score (nSPS) is 30.5. The summed E-state index contributed by atoms with van der Waals surface area (Å²) in [5.74, 6) is 0. The summed E-state index contributed by atoms with van der Waals surface area (Å²) in [5.41, 5.74) is 0. The van der Waals surface area contributed by atoms with Gasteiger partial charge in [-0.3, -0.25) is 14.9 Å². The van der Waals surface area contributed by atoms with Crippen LogP contribution in [0.25, 0.3) is 0 Å². The third-order valence-corrected chi connectivity index (χ3v) is 3.31. The fraction of sp³-hybridized carbons (Fsp3) is 0.636. The van der Waals surface area contributed by atoms with Gasteiger partial charge in [0.25, 0.3) is 0 Å². The van der Waals surface area contributed by atoms with Gasteiger partial charge in [-0.15, -0.1) is 0 Å². The molecule has 3 aliphatic heterocycles. The van der Waals surface area contributed by atoms with E-state index in [0.29, 0.717) is 6.29 Å². The Labute approximate surface area is 90.8 Å². The van der Waals surface area contributed by atoms with Gasteiger partial charge in [0.15, 0.2) is 6.29 Å². The molecule has 1 atom stereocenters. The summed E-state index contributed by atoms with van der Waals surface area (Å²) in [6.07, 6.45) is 12.8. The molecule has 1 saturated heterocycles. The number of hydrogen-bond acceptors (Lipinski definition) is 4. The molecule has 0 aromatic carbocycles. The van der Waals surface area contributed by atoms with Gasteiger partial charge in [-0.1, -0.05) is 6.08 Å². The minimum atomic E-state index is 0.343. The lowest BCUT2D eigenvalue weighted by Crippen LogP contribution is -2.53. The van der Waals surface area contributed by atoms with Gasteiger partial charge in [-0.05, 0) is 19.3 Å². The van der Waals surface area contributed by atoms with Crippen molar-refractivity contribution in [1.82, 2.24) is 20.2 Å². The molecule has 1 unspecified atom stereocenters. The standard InChI is InChI=1S/C11H18N4/c1-2-7-13(6-1)11-12-5-10-15(11)14-8-3-4-9-14/h3,5,8,10-12H,1-2,4,6-7,9H2. The van der Waals surface area contributed by atoms with Crippen molar-refractivity contribution in [1.29, 1.82) is 0 Å². The molecule has 1 N–H and O–H groups in total. The molecule has 4 heteroatoms. The molecule has 1 fully saturated rings. The minimum Gasteiger partial charge on any atom is -0.356 e. The van der Waals surface area contributed by atoms with Crippen LogP contribution < -0.4 is 5.32 Å². The van der Waals surface area contributed by atoms with Crippen LogP contribution in [-0.4, -0.2) is 40.8 Å². The van der Waals surface area contributed by atoms with E-state index >= 15 is 0 Å². The van der Waals surface area contributed by atoms with E-state index in [1.807, 2.05) is 0 Å². The van der Waals surface area contributed by atoms with Crippen LogP contribution in [-0.2, 0) is 0 Å². The SMILES string of the molecule is C1=CN(N2C=CNC2N2CCCC2)CC1. The second-order valence-corrected chi connectivity index (χ2v) is 4.32. The van der Waals surface area contributed by atoms with E-state index in [2.05, 4.69) is 44.9 Å². The van der Waals surface area contributed by atoms with Crippen LogP contribution in [0.1, 0.15) is 19.3 Å². The van der Waals surface area contributed by atoms with E-state index < -0.39 is 0 Å². The molecule has 0 amide bonds. The van der Waals surface area contributed by atoms with Crippen molar-refractivity contribution in [3.8, 4) is 0 Å². The van der Waals surface area contributed by atoms with Crippen molar-refractivity contribution in [3.63, 3.8) is 0 Å². The van der Waals surface area contributed by atoms with Crippen molar-refractivity contribution in [2.24, 2.45) is 0 Å². The van der Waals surface area contributed by atoms with Gasteiger partial charge in [-0.25, -0.2) is 0 Å². The Hall–Kier alpha value is -1.16. The first-order valence-electron chi connectivity index (χ1n) is 5.83. The molecule has 3 heterocycles. The minimum absolute atomic E-state index is 0.343. The third-order valence-electron chi connectivity index (χ3n) is 3.31. The van der Waals surface area contributed by atoms with Crippen LogP contribution in [0, 0.1) is 0 Å². The summed E-state index contributed by atoms with van der Waals surface area (Å²) in [5, 5.41) is 8.01. The first-order valence-corrected chi connectivity index (χ1v) is 5.83. The van der Waals surface area contributed by atoms with E-state index in [1.165, 1.54) is 25.9 Å². The van der Waals surface area contributed by atoms with Gasteiger partial charge in [0.05, 0.1) is 0 Å². The zero-order valence-corrected chi connectivity index (χ0v) is 8.97. The second-order valence-electron chi connectivity index (χ2n) is 4.32. The summed E-state index contributed by atoms with van der Waals surface area (Å²) in [7, 11) is 0. The van der Waals surface area contributed by atoms with E-state index in [1.54, 1.807) is 0 Å². The summed E-state index contributed by atoms with van der Waals surface area (Å²) in [4.78, 5) is 2.51. The van der Waals surface area contributed by atoms with E-state index in [9.17, 15) is 0 Å². The predicted molar refractivity (Wildman–Crippen MR) is 59.2 cm³/mol. The molecule has 0 aromatic heterocycles. The molecule has 0 spiro atoms. The number of likely N-dealkylation sites (tertiary alicyclic amines) is 1. The second kappa shape index (κ2) is 3.77. The number of rotatable bonds is 2. The molecule has 3 rings (SSSR count). The quantitative estimate of drug-likeness (QED) is 0.724. The number of nitrogens with zero attached hydrogens (tertiary/aromatic N) is 3. The Morgan fingerprint density at radius 2 is 1.93 bits per heavy atom. The zero-order valence-electron chi connectivity index (χ0n) is 8.97. The third kappa shape index (κ3) is 1.59. The molecule has 4 nitrogen and oxygen atoms in total. The fourth-order valence-electron chi connectivity index (χ4n) is 2.52. The van der Waals surface area contributed by atoms with Crippen molar-refractivity contribution in [2.45, 2.75) is 25.6 Å². The molecule has 0 bridgehead atoms. The average Bonchev–Trinajstić information content (AvgIpc) is 3.01. The molecule has 82 valence electrons. The van der Waals surface area contributed by atoms with Gasteiger partial charge < -0.3 is 5.32 Å². The monoisotopic (exact) mass is 206 g/mol.